The maximum Gasteiger partial charge on any atom is 0.228 e. The number of ether oxygens (including phenoxy) is 1. The second kappa shape index (κ2) is 10.6. The number of benzene rings is 3. The van der Waals surface area contributed by atoms with Crippen LogP contribution in [0.2, 0.25) is 5.02 Å². The van der Waals surface area contributed by atoms with E-state index in [0.29, 0.717) is 16.5 Å². The van der Waals surface area contributed by atoms with E-state index in [0.717, 1.165) is 29.0 Å². The molecule has 4 aromatic rings. The largest absolute Gasteiger partial charge is 0.480 e. The fraction of sp³-hybridized carbons (Fsp3) is 0.286. The number of sulfone groups is 1. The predicted molar refractivity (Wildman–Crippen MR) is 147 cm³/mol. The summed E-state index contributed by atoms with van der Waals surface area (Å²) in [6.07, 6.45) is 0.134. The third kappa shape index (κ3) is 5.97. The van der Waals surface area contributed by atoms with E-state index in [9.17, 15) is 13.2 Å². The lowest BCUT2D eigenvalue weighted by Crippen LogP contribution is -2.29. The Balaban J connectivity index is 1.42. The minimum Gasteiger partial charge on any atom is -0.480 e. The Morgan fingerprint density at radius 1 is 1.03 bits per heavy atom. The van der Waals surface area contributed by atoms with Crippen molar-refractivity contribution >= 4 is 44.1 Å². The Morgan fingerprint density at radius 3 is 2.32 bits per heavy atom. The zero-order chi connectivity index (χ0) is 26.8. The SMILES string of the molecule is CCn1c(C(C)(C)Oc2ccc(NC(=O)Cc3ccc(S(=O)(=O)CC)cc3)cc2)nc2ccc(Cl)cc21. The van der Waals surface area contributed by atoms with Gasteiger partial charge in [0.1, 0.15) is 5.75 Å². The molecule has 4 rings (SSSR count). The van der Waals surface area contributed by atoms with Crippen molar-refractivity contribution in [2.75, 3.05) is 11.1 Å². The van der Waals surface area contributed by atoms with Crippen LogP contribution in [0.1, 0.15) is 39.1 Å². The molecular weight excluding hydrogens is 510 g/mol. The van der Waals surface area contributed by atoms with Gasteiger partial charge in [0.2, 0.25) is 5.91 Å². The van der Waals surface area contributed by atoms with Gasteiger partial charge in [-0.05, 0) is 80.9 Å². The van der Waals surface area contributed by atoms with Crippen LogP contribution in [0.3, 0.4) is 0 Å². The van der Waals surface area contributed by atoms with Gasteiger partial charge < -0.3 is 14.6 Å². The molecule has 37 heavy (non-hydrogen) atoms. The topological polar surface area (TPSA) is 90.3 Å². The highest BCUT2D eigenvalue weighted by molar-refractivity contribution is 7.91. The van der Waals surface area contributed by atoms with Crippen LogP contribution in [0.5, 0.6) is 5.75 Å². The van der Waals surface area contributed by atoms with Gasteiger partial charge in [-0.2, -0.15) is 0 Å². The van der Waals surface area contributed by atoms with E-state index in [-0.39, 0.29) is 23.0 Å². The standard InChI is InChI=1S/C28H30ClN3O4S/c1-5-32-25-18-20(29)9-16-24(25)31-27(32)28(3,4)36-22-12-10-21(11-13-22)30-26(33)17-19-7-14-23(15-8-19)37(34,35)6-2/h7-16,18H,5-6,17H2,1-4H3,(H,30,33). The summed E-state index contributed by atoms with van der Waals surface area (Å²) >= 11 is 6.20. The lowest BCUT2D eigenvalue weighted by molar-refractivity contribution is -0.115. The van der Waals surface area contributed by atoms with Crippen molar-refractivity contribution < 1.29 is 17.9 Å². The van der Waals surface area contributed by atoms with Crippen molar-refractivity contribution in [1.29, 1.82) is 0 Å². The molecule has 1 heterocycles. The van der Waals surface area contributed by atoms with Crippen LogP contribution < -0.4 is 10.1 Å². The van der Waals surface area contributed by atoms with E-state index >= 15 is 0 Å². The van der Waals surface area contributed by atoms with Crippen LogP contribution in [-0.4, -0.2) is 29.6 Å². The number of fused-ring (bicyclic) bond motifs is 1. The van der Waals surface area contributed by atoms with E-state index in [4.69, 9.17) is 21.3 Å². The average molecular weight is 540 g/mol. The molecule has 1 aromatic heterocycles. The summed E-state index contributed by atoms with van der Waals surface area (Å²) in [5.74, 6) is 1.28. The van der Waals surface area contributed by atoms with Gasteiger partial charge in [-0.3, -0.25) is 4.79 Å². The normalized spacial score (nSPS) is 12.0. The average Bonchev–Trinajstić information content (AvgIpc) is 3.24. The maximum atomic E-state index is 12.5. The zero-order valence-electron chi connectivity index (χ0n) is 21.3. The monoisotopic (exact) mass is 539 g/mol. The molecule has 0 saturated heterocycles. The maximum absolute atomic E-state index is 12.5. The zero-order valence-corrected chi connectivity index (χ0v) is 22.9. The Kier molecular flexibility index (Phi) is 7.62. The molecule has 0 fully saturated rings. The fourth-order valence-electron chi connectivity index (χ4n) is 4.19. The molecule has 0 saturated carbocycles. The minimum absolute atomic E-state index is 0.0389. The van der Waals surface area contributed by atoms with Gasteiger partial charge in [0.25, 0.3) is 0 Å². The summed E-state index contributed by atoms with van der Waals surface area (Å²) < 4.78 is 32.3. The Hall–Kier alpha value is -3.36. The number of hydrogen-bond acceptors (Lipinski definition) is 5. The first-order chi connectivity index (χ1) is 17.5. The van der Waals surface area contributed by atoms with Crippen molar-refractivity contribution in [2.24, 2.45) is 0 Å². The molecule has 194 valence electrons. The van der Waals surface area contributed by atoms with Gasteiger partial charge in [0.15, 0.2) is 21.3 Å². The number of imidazole rings is 1. The van der Waals surface area contributed by atoms with Crippen LogP contribution in [-0.2, 0) is 33.2 Å². The molecular formula is C28H30ClN3O4S. The predicted octanol–water partition coefficient (Wildman–Crippen LogP) is 6.00. The molecule has 9 heteroatoms. The number of nitrogens with one attached hydrogen (secondary N) is 1. The number of anilines is 1. The number of hydrogen-bond donors (Lipinski definition) is 1. The van der Waals surface area contributed by atoms with Crippen molar-refractivity contribution in [3.8, 4) is 5.75 Å². The van der Waals surface area contributed by atoms with E-state index in [1.54, 1.807) is 43.3 Å². The van der Waals surface area contributed by atoms with E-state index in [1.165, 1.54) is 12.1 Å². The second-order valence-electron chi connectivity index (χ2n) is 9.22. The molecule has 0 aliphatic carbocycles. The number of carbonyl (C=O) groups is 1. The number of aromatic nitrogens is 2. The summed E-state index contributed by atoms with van der Waals surface area (Å²) in [6, 6.07) is 19.2. The van der Waals surface area contributed by atoms with Crippen LogP contribution in [0.15, 0.2) is 71.6 Å². The van der Waals surface area contributed by atoms with Crippen molar-refractivity contribution in [1.82, 2.24) is 9.55 Å². The van der Waals surface area contributed by atoms with Crippen molar-refractivity contribution in [3.63, 3.8) is 0 Å². The number of nitrogens with zero attached hydrogens (tertiary/aromatic N) is 2. The van der Waals surface area contributed by atoms with Gasteiger partial charge >= 0.3 is 0 Å². The van der Waals surface area contributed by atoms with Gasteiger partial charge in [-0.15, -0.1) is 0 Å². The fourth-order valence-corrected chi connectivity index (χ4v) is 5.24. The highest BCUT2D eigenvalue weighted by atomic mass is 35.5. The minimum atomic E-state index is -3.26. The van der Waals surface area contributed by atoms with E-state index in [2.05, 4.69) is 16.8 Å². The Bertz CT molecular complexity index is 1530. The molecule has 1 amide bonds. The van der Waals surface area contributed by atoms with Gasteiger partial charge in [0.05, 0.1) is 28.1 Å². The molecule has 0 radical (unpaired) electrons. The summed E-state index contributed by atoms with van der Waals surface area (Å²) in [5, 5.41) is 3.53. The molecule has 7 nitrogen and oxygen atoms in total. The van der Waals surface area contributed by atoms with Crippen molar-refractivity contribution in [3.05, 3.63) is 83.1 Å². The molecule has 0 aliphatic heterocycles. The highest BCUT2D eigenvalue weighted by Gasteiger charge is 2.29. The van der Waals surface area contributed by atoms with Crippen LogP contribution in [0, 0.1) is 0 Å². The Labute approximate surface area is 222 Å². The summed E-state index contributed by atoms with van der Waals surface area (Å²) in [4.78, 5) is 17.6. The Morgan fingerprint density at radius 2 is 1.70 bits per heavy atom. The number of halogens is 1. The molecule has 3 aromatic carbocycles. The molecule has 0 spiro atoms. The summed E-state index contributed by atoms with van der Waals surface area (Å²) in [6.45, 7) is 8.32. The lowest BCUT2D eigenvalue weighted by atomic mass is 10.1. The van der Waals surface area contributed by atoms with E-state index < -0.39 is 15.4 Å². The van der Waals surface area contributed by atoms with E-state index in [1.807, 2.05) is 32.0 Å². The molecule has 0 atom stereocenters. The summed E-state index contributed by atoms with van der Waals surface area (Å²) in [7, 11) is -3.26. The third-order valence-electron chi connectivity index (χ3n) is 6.10. The summed E-state index contributed by atoms with van der Waals surface area (Å²) in [5.41, 5.74) is 2.47. The lowest BCUT2D eigenvalue weighted by Gasteiger charge is -2.26. The van der Waals surface area contributed by atoms with Crippen LogP contribution in [0.25, 0.3) is 11.0 Å². The first-order valence-electron chi connectivity index (χ1n) is 12.1. The van der Waals surface area contributed by atoms with Gasteiger partial charge in [-0.25, -0.2) is 13.4 Å². The first-order valence-corrected chi connectivity index (χ1v) is 14.1. The van der Waals surface area contributed by atoms with Gasteiger partial charge in [0, 0.05) is 17.3 Å². The number of amides is 1. The first kappa shape index (κ1) is 26.7. The molecule has 1 N–H and O–H groups in total. The molecule has 0 unspecified atom stereocenters. The number of aryl methyl sites for hydroxylation is 1. The highest BCUT2D eigenvalue weighted by Crippen LogP contribution is 2.31. The molecule has 0 bridgehead atoms. The van der Waals surface area contributed by atoms with Crippen molar-refractivity contribution in [2.45, 2.75) is 51.2 Å². The quantitative estimate of drug-likeness (QED) is 0.282. The van der Waals surface area contributed by atoms with Crippen LogP contribution in [0.4, 0.5) is 5.69 Å². The van der Waals surface area contributed by atoms with Crippen LogP contribution >= 0.6 is 11.6 Å². The number of carbonyl (C=O) groups excluding carboxylic acids is 1. The second-order valence-corrected chi connectivity index (χ2v) is 11.9. The smallest absolute Gasteiger partial charge is 0.228 e. The number of rotatable bonds is 9. The van der Waals surface area contributed by atoms with Gasteiger partial charge in [-0.1, -0.05) is 30.7 Å². The third-order valence-corrected chi connectivity index (χ3v) is 8.09. The molecule has 0 aliphatic rings.